The van der Waals surface area contributed by atoms with Crippen LogP contribution in [0.1, 0.15) is 12.0 Å². The first kappa shape index (κ1) is 12.1. The third-order valence-corrected chi connectivity index (χ3v) is 4.65. The van der Waals surface area contributed by atoms with Gasteiger partial charge in [-0.25, -0.2) is 8.42 Å². The first-order valence-corrected chi connectivity index (χ1v) is 6.88. The molecule has 1 heterocycles. The summed E-state index contributed by atoms with van der Waals surface area (Å²) in [5, 5.41) is 8.83. The number of rotatable bonds is 4. The minimum absolute atomic E-state index is 0.141. The van der Waals surface area contributed by atoms with Gasteiger partial charge in [0.1, 0.15) is 6.04 Å². The summed E-state index contributed by atoms with van der Waals surface area (Å²) >= 11 is 0. The Bertz CT molecular complexity index is 512. The molecule has 0 spiro atoms. The third-order valence-electron chi connectivity index (χ3n) is 2.80. The fourth-order valence-electron chi connectivity index (χ4n) is 1.81. The lowest BCUT2D eigenvalue weighted by Gasteiger charge is -2.36. The van der Waals surface area contributed by atoms with Gasteiger partial charge in [0.25, 0.3) is 0 Å². The maximum absolute atomic E-state index is 12.0. The average Bonchev–Trinajstić information content (AvgIpc) is 2.14. The van der Waals surface area contributed by atoms with Gasteiger partial charge in [-0.1, -0.05) is 30.3 Å². The molecule has 0 saturated carbocycles. The highest BCUT2D eigenvalue weighted by Crippen LogP contribution is 2.24. The van der Waals surface area contributed by atoms with Crippen LogP contribution in [0.3, 0.4) is 0 Å². The second-order valence-electron chi connectivity index (χ2n) is 4.00. The van der Waals surface area contributed by atoms with Gasteiger partial charge in [0.05, 0.1) is 5.75 Å². The Morgan fingerprint density at radius 3 is 2.47 bits per heavy atom. The first-order valence-electron chi connectivity index (χ1n) is 5.27. The van der Waals surface area contributed by atoms with Crippen LogP contribution in [0.4, 0.5) is 0 Å². The number of benzene rings is 1. The Labute approximate surface area is 99.7 Å². The van der Waals surface area contributed by atoms with E-state index in [4.69, 9.17) is 5.11 Å². The average molecular weight is 255 g/mol. The highest BCUT2D eigenvalue weighted by Gasteiger charge is 2.41. The fourth-order valence-corrected chi connectivity index (χ4v) is 3.56. The van der Waals surface area contributed by atoms with E-state index in [9.17, 15) is 13.2 Å². The largest absolute Gasteiger partial charge is 0.480 e. The molecule has 17 heavy (non-hydrogen) atoms. The molecule has 0 radical (unpaired) electrons. The number of carbonyl (C=O) groups is 1. The Morgan fingerprint density at radius 1 is 1.35 bits per heavy atom. The van der Waals surface area contributed by atoms with Gasteiger partial charge in [-0.3, -0.25) is 4.79 Å². The lowest BCUT2D eigenvalue weighted by atomic mass is 10.1. The van der Waals surface area contributed by atoms with Gasteiger partial charge >= 0.3 is 5.97 Å². The van der Waals surface area contributed by atoms with Crippen molar-refractivity contribution in [3.63, 3.8) is 0 Å². The Kier molecular flexibility index (Phi) is 3.17. The van der Waals surface area contributed by atoms with Gasteiger partial charge < -0.3 is 5.11 Å². The second kappa shape index (κ2) is 4.46. The topological polar surface area (TPSA) is 74.7 Å². The van der Waals surface area contributed by atoms with E-state index in [0.717, 1.165) is 4.31 Å². The predicted octanol–water partition coefficient (Wildman–Crippen LogP) is 0.675. The summed E-state index contributed by atoms with van der Waals surface area (Å²) in [6, 6.07) is 7.87. The summed E-state index contributed by atoms with van der Waals surface area (Å²) < 4.78 is 25.0. The van der Waals surface area contributed by atoms with Crippen LogP contribution in [0.15, 0.2) is 30.3 Å². The summed E-state index contributed by atoms with van der Waals surface area (Å²) in [6.45, 7) is 0.298. The summed E-state index contributed by atoms with van der Waals surface area (Å²) in [6.07, 6.45) is 0.392. The zero-order valence-electron chi connectivity index (χ0n) is 9.11. The highest BCUT2D eigenvalue weighted by molar-refractivity contribution is 7.88. The van der Waals surface area contributed by atoms with E-state index >= 15 is 0 Å². The number of carboxylic acid groups (broad SMARTS) is 1. The van der Waals surface area contributed by atoms with E-state index in [2.05, 4.69) is 0 Å². The number of carboxylic acids is 1. The van der Waals surface area contributed by atoms with Crippen molar-refractivity contribution in [3.05, 3.63) is 35.9 Å². The molecule has 0 aliphatic carbocycles. The molecule has 1 aliphatic heterocycles. The predicted molar refractivity (Wildman–Crippen MR) is 61.8 cm³/mol. The van der Waals surface area contributed by atoms with Crippen LogP contribution in [0.25, 0.3) is 0 Å². The van der Waals surface area contributed by atoms with Crippen molar-refractivity contribution >= 4 is 16.0 Å². The lowest BCUT2D eigenvalue weighted by Crippen LogP contribution is -2.55. The van der Waals surface area contributed by atoms with E-state index in [1.54, 1.807) is 30.3 Å². The van der Waals surface area contributed by atoms with Crippen molar-refractivity contribution in [3.8, 4) is 0 Å². The molecule has 1 fully saturated rings. The Hall–Kier alpha value is -1.40. The molecule has 1 N–H and O–H groups in total. The Morgan fingerprint density at radius 2 is 2.00 bits per heavy atom. The first-order chi connectivity index (χ1) is 8.00. The van der Waals surface area contributed by atoms with E-state index < -0.39 is 22.0 Å². The van der Waals surface area contributed by atoms with Crippen molar-refractivity contribution < 1.29 is 18.3 Å². The van der Waals surface area contributed by atoms with Crippen LogP contribution < -0.4 is 0 Å². The second-order valence-corrected chi connectivity index (χ2v) is 5.92. The molecular formula is C11H13NO4S. The molecule has 0 bridgehead atoms. The van der Waals surface area contributed by atoms with Gasteiger partial charge in [-0.15, -0.1) is 0 Å². The van der Waals surface area contributed by atoms with Gasteiger partial charge in [0.15, 0.2) is 0 Å². The molecule has 1 aromatic rings. The van der Waals surface area contributed by atoms with Gasteiger partial charge in [-0.05, 0) is 12.0 Å². The monoisotopic (exact) mass is 255 g/mol. The summed E-state index contributed by atoms with van der Waals surface area (Å²) in [5.74, 6) is -1.22. The van der Waals surface area contributed by atoms with E-state index in [0.29, 0.717) is 18.5 Å². The van der Waals surface area contributed by atoms with E-state index in [1.807, 2.05) is 0 Å². The molecule has 1 saturated heterocycles. The molecule has 92 valence electrons. The number of sulfonamides is 1. The van der Waals surface area contributed by atoms with Crippen LogP contribution >= 0.6 is 0 Å². The molecular weight excluding hydrogens is 242 g/mol. The summed E-state index contributed by atoms with van der Waals surface area (Å²) in [4.78, 5) is 10.8. The van der Waals surface area contributed by atoms with Crippen molar-refractivity contribution in [1.29, 1.82) is 0 Å². The maximum atomic E-state index is 12.0. The molecule has 6 heteroatoms. The summed E-state index contributed by atoms with van der Waals surface area (Å²) in [5.41, 5.74) is 0.670. The fraction of sp³-hybridized carbons (Fsp3) is 0.364. The molecule has 1 aromatic carbocycles. The normalized spacial score (nSPS) is 20.8. The van der Waals surface area contributed by atoms with Crippen LogP contribution in [0, 0.1) is 0 Å². The van der Waals surface area contributed by atoms with Crippen LogP contribution in [0.2, 0.25) is 0 Å². The van der Waals surface area contributed by atoms with E-state index in [1.165, 1.54) is 0 Å². The molecule has 0 amide bonds. The number of hydrogen-bond acceptors (Lipinski definition) is 3. The standard InChI is InChI=1S/C11H13NO4S/c13-11(14)10-6-7-12(10)17(15,16)8-9-4-2-1-3-5-9/h1-5,10H,6-8H2,(H,13,14). The van der Waals surface area contributed by atoms with Crippen LogP contribution in [-0.4, -0.2) is 36.4 Å². The highest BCUT2D eigenvalue weighted by atomic mass is 32.2. The van der Waals surface area contributed by atoms with Crippen molar-refractivity contribution in [2.24, 2.45) is 0 Å². The zero-order valence-corrected chi connectivity index (χ0v) is 9.93. The van der Waals surface area contributed by atoms with E-state index in [-0.39, 0.29) is 5.75 Å². The number of nitrogens with zero attached hydrogens (tertiary/aromatic N) is 1. The smallest absolute Gasteiger partial charge is 0.322 e. The molecule has 1 aliphatic rings. The molecule has 5 nitrogen and oxygen atoms in total. The quantitative estimate of drug-likeness (QED) is 0.858. The van der Waals surface area contributed by atoms with Gasteiger partial charge in [-0.2, -0.15) is 4.31 Å². The lowest BCUT2D eigenvalue weighted by molar-refractivity contribution is -0.144. The van der Waals surface area contributed by atoms with Crippen LogP contribution in [0.5, 0.6) is 0 Å². The van der Waals surface area contributed by atoms with Crippen molar-refractivity contribution in [2.75, 3.05) is 6.54 Å². The number of aliphatic carboxylic acids is 1. The van der Waals surface area contributed by atoms with Crippen LogP contribution in [-0.2, 0) is 20.6 Å². The van der Waals surface area contributed by atoms with Gasteiger partial charge in [0, 0.05) is 6.54 Å². The minimum Gasteiger partial charge on any atom is -0.480 e. The number of hydrogen-bond donors (Lipinski definition) is 1. The minimum atomic E-state index is -3.52. The van der Waals surface area contributed by atoms with Gasteiger partial charge in [0.2, 0.25) is 10.0 Å². The molecule has 1 atom stereocenters. The molecule has 1 unspecified atom stereocenters. The summed E-state index contributed by atoms with van der Waals surface area (Å²) in [7, 11) is -3.52. The molecule has 0 aromatic heterocycles. The SMILES string of the molecule is O=C(O)C1CCN1S(=O)(=O)Cc1ccccc1. The maximum Gasteiger partial charge on any atom is 0.322 e. The molecule has 2 rings (SSSR count). The van der Waals surface area contributed by atoms with Crippen molar-refractivity contribution in [2.45, 2.75) is 18.2 Å². The Balaban J connectivity index is 2.13. The third kappa shape index (κ3) is 2.48. The van der Waals surface area contributed by atoms with Crippen molar-refractivity contribution in [1.82, 2.24) is 4.31 Å². The zero-order chi connectivity index (χ0) is 12.5.